The molecule has 2 amide bonds. The van der Waals surface area contributed by atoms with Crippen molar-refractivity contribution in [3.05, 3.63) is 168 Å². The third kappa shape index (κ3) is 9.12. The Balaban J connectivity index is 0.852. The van der Waals surface area contributed by atoms with Crippen LogP contribution in [0.4, 0.5) is 20.2 Å². The number of hydrogen-bond donors (Lipinski definition) is 2. The van der Waals surface area contributed by atoms with Crippen molar-refractivity contribution >= 4 is 23.2 Å². The summed E-state index contributed by atoms with van der Waals surface area (Å²) in [6.07, 6.45) is 12.5. The molecule has 0 saturated heterocycles. The number of carbonyl (C=O) groups is 2. The zero-order chi connectivity index (χ0) is 46.0. The highest BCUT2D eigenvalue weighted by molar-refractivity contribution is 6.04. The van der Waals surface area contributed by atoms with E-state index in [0.717, 1.165) is 103 Å². The van der Waals surface area contributed by atoms with Gasteiger partial charge in [-0.2, -0.15) is 0 Å². The topological polar surface area (TPSA) is 113 Å². The first kappa shape index (κ1) is 43.5. The number of aromatic amines is 1. The van der Waals surface area contributed by atoms with Crippen LogP contribution in [0.1, 0.15) is 103 Å². The maximum absolute atomic E-state index is 14.1. The second kappa shape index (κ2) is 18.9. The van der Waals surface area contributed by atoms with E-state index in [9.17, 15) is 18.4 Å². The first-order valence-corrected chi connectivity index (χ1v) is 23.4. The smallest absolute Gasteiger partial charge is 0.293 e. The van der Waals surface area contributed by atoms with E-state index in [0.29, 0.717) is 35.4 Å². The molecule has 0 spiro atoms. The van der Waals surface area contributed by atoms with Crippen molar-refractivity contribution in [1.82, 2.24) is 14.5 Å². The van der Waals surface area contributed by atoms with Gasteiger partial charge in [0.2, 0.25) is 12.0 Å². The molecule has 4 heterocycles. The molecule has 340 valence electrons. The summed E-state index contributed by atoms with van der Waals surface area (Å²) in [5.74, 6) is 0.654. The molecule has 0 radical (unpaired) electrons. The average molecular weight is 900 g/mol. The van der Waals surface area contributed by atoms with Gasteiger partial charge in [0, 0.05) is 35.1 Å². The highest BCUT2D eigenvalue weighted by atomic mass is 19.1. The van der Waals surface area contributed by atoms with Crippen LogP contribution in [0.2, 0.25) is 0 Å². The third-order valence-corrected chi connectivity index (χ3v) is 13.4. The van der Waals surface area contributed by atoms with Crippen molar-refractivity contribution in [2.45, 2.75) is 83.7 Å². The summed E-state index contributed by atoms with van der Waals surface area (Å²) in [7, 11) is 0. The van der Waals surface area contributed by atoms with Crippen LogP contribution in [0.15, 0.2) is 143 Å². The summed E-state index contributed by atoms with van der Waals surface area (Å²) in [5.41, 5.74) is 8.33. The van der Waals surface area contributed by atoms with Crippen molar-refractivity contribution in [1.29, 1.82) is 0 Å². The number of anilines is 2. The quantitative estimate of drug-likeness (QED) is 0.106. The monoisotopic (exact) mass is 899 g/mol. The summed E-state index contributed by atoms with van der Waals surface area (Å²) >= 11 is 0. The summed E-state index contributed by atoms with van der Waals surface area (Å²) in [4.78, 5) is 37.7. The lowest BCUT2D eigenvalue weighted by Crippen LogP contribution is -2.38. The van der Waals surface area contributed by atoms with Crippen LogP contribution in [0.25, 0.3) is 45.4 Å². The largest absolute Gasteiger partial charge is 0.449 e. The normalized spacial score (nSPS) is 16.2. The number of benzene rings is 4. The van der Waals surface area contributed by atoms with Gasteiger partial charge in [0.05, 0.1) is 12.0 Å². The van der Waals surface area contributed by atoms with E-state index >= 15 is 0 Å². The fourth-order valence-electron chi connectivity index (χ4n) is 10.0. The number of nitrogens with one attached hydrogen (secondary N) is 2. The Labute approximate surface area is 388 Å². The van der Waals surface area contributed by atoms with Crippen molar-refractivity contribution in [2.75, 3.05) is 16.8 Å². The summed E-state index contributed by atoms with van der Waals surface area (Å²) in [6.45, 7) is 4.61. The fraction of sp³-hybridized carbons (Fsp3) is 0.273. The van der Waals surface area contributed by atoms with E-state index in [1.165, 1.54) is 24.3 Å². The molecule has 2 aliphatic rings. The number of halogens is 2. The number of nitrogens with zero attached hydrogens (tertiary/aromatic N) is 4. The van der Waals surface area contributed by atoms with E-state index in [2.05, 4.69) is 25.5 Å². The lowest BCUT2D eigenvalue weighted by atomic mass is 9.97. The molecule has 8 aromatic rings. The average Bonchev–Trinajstić information content (AvgIpc) is 4.20. The Hall–Kier alpha value is -7.34. The number of hydrogen-bond acceptors (Lipinski definition) is 5. The highest BCUT2D eigenvalue weighted by Crippen LogP contribution is 2.41. The molecule has 2 fully saturated rings. The van der Waals surface area contributed by atoms with Crippen molar-refractivity contribution in [2.24, 2.45) is 5.92 Å². The van der Waals surface area contributed by atoms with Crippen molar-refractivity contribution in [3.8, 4) is 45.4 Å². The lowest BCUT2D eigenvalue weighted by Gasteiger charge is -2.21. The predicted octanol–water partition coefficient (Wildman–Crippen LogP) is 12.9. The summed E-state index contributed by atoms with van der Waals surface area (Å²) < 4.78 is 45.1. The number of amides is 2. The van der Waals surface area contributed by atoms with E-state index in [4.69, 9.17) is 13.8 Å². The molecule has 2 N–H and O–H groups in total. The van der Waals surface area contributed by atoms with Crippen LogP contribution in [-0.2, 0) is 6.42 Å². The van der Waals surface area contributed by atoms with E-state index in [1.54, 1.807) is 41.3 Å². The molecular weight excluding hydrogens is 847 g/mol. The van der Waals surface area contributed by atoms with E-state index < -0.39 is 0 Å². The van der Waals surface area contributed by atoms with Gasteiger partial charge in [0.15, 0.2) is 28.7 Å². The SMILES string of the molecule is CCCN(C(=O)c1ccc(-c2c(-c3ccc(F)cc3)[nH]c[n+]2C2CCC(Cc3cccc(NC(=O)c4ccc(-c5c(-c6ccc(F)cc6)ncn5C5CCCC5)o4)c3)C2)o1)c1ccc(C)cc1. The third-order valence-electron chi connectivity index (χ3n) is 13.4. The maximum Gasteiger partial charge on any atom is 0.293 e. The van der Waals surface area contributed by atoms with Crippen molar-refractivity contribution in [3.63, 3.8) is 0 Å². The van der Waals surface area contributed by atoms with Gasteiger partial charge in [0.1, 0.15) is 23.4 Å². The number of aromatic nitrogens is 4. The number of aryl methyl sites for hydroxylation is 1. The molecule has 4 aromatic heterocycles. The molecule has 10 nitrogen and oxygen atoms in total. The van der Waals surface area contributed by atoms with Gasteiger partial charge in [-0.3, -0.25) is 9.59 Å². The van der Waals surface area contributed by atoms with Gasteiger partial charge in [-0.05, 0) is 160 Å². The Bertz CT molecular complexity index is 3010. The van der Waals surface area contributed by atoms with Crippen LogP contribution in [0.5, 0.6) is 0 Å². The molecule has 2 unspecified atom stereocenters. The number of carbonyl (C=O) groups excluding carboxylic acids is 2. The van der Waals surface area contributed by atoms with Gasteiger partial charge in [0.25, 0.3) is 11.8 Å². The zero-order valence-electron chi connectivity index (χ0n) is 37.7. The zero-order valence-corrected chi connectivity index (χ0v) is 37.7. The molecule has 10 rings (SSSR count). The van der Waals surface area contributed by atoms with Crippen molar-refractivity contribution < 1.29 is 31.8 Å². The molecule has 67 heavy (non-hydrogen) atoms. The summed E-state index contributed by atoms with van der Waals surface area (Å²) in [5, 5.41) is 3.06. The first-order chi connectivity index (χ1) is 32.7. The van der Waals surface area contributed by atoms with Crippen LogP contribution < -0.4 is 14.8 Å². The second-order valence-electron chi connectivity index (χ2n) is 18.0. The van der Waals surface area contributed by atoms with Crippen LogP contribution in [0, 0.1) is 24.5 Å². The fourth-order valence-corrected chi connectivity index (χ4v) is 10.0. The molecule has 2 atom stereocenters. The minimum atomic E-state index is -0.357. The summed E-state index contributed by atoms with van der Waals surface area (Å²) in [6, 6.07) is 36.0. The molecular formula is C55H53F2N6O4+. The van der Waals surface area contributed by atoms with Gasteiger partial charge in [-0.15, -0.1) is 0 Å². The lowest BCUT2D eigenvalue weighted by molar-refractivity contribution is -0.711. The van der Waals surface area contributed by atoms with Crippen LogP contribution >= 0.6 is 0 Å². The molecule has 0 aliphatic heterocycles. The van der Waals surface area contributed by atoms with Crippen LogP contribution in [-0.4, -0.2) is 32.9 Å². The highest BCUT2D eigenvalue weighted by Gasteiger charge is 2.36. The molecule has 2 aliphatic carbocycles. The Kier molecular flexibility index (Phi) is 12.3. The molecule has 2 saturated carbocycles. The minimum Gasteiger partial charge on any atom is -0.449 e. The standard InChI is InChI=1S/C55H52F2N6O4/c1-3-29-61(44-22-11-35(2)12-23-44)55(65)49-28-26-47(67-49)53-51(39-16-20-41(57)21-17-39)59-34-63(53)45-24-13-37(32-45)30-36-7-6-8-42(31-36)60-54(64)48-27-25-46(66-48)52-50(38-14-18-40(56)19-15-38)58-33-62(52)43-9-4-5-10-43/h6-8,11-12,14-23,25-28,31,33-34,37,43,45H,3-5,9-10,13,24,29-30,32H2,1-2H3,(H,60,64)/p+1. The van der Waals surface area contributed by atoms with Gasteiger partial charge < -0.3 is 23.6 Å². The number of imidazole rings is 2. The Morgan fingerprint density at radius 1 is 0.821 bits per heavy atom. The Morgan fingerprint density at radius 3 is 2.27 bits per heavy atom. The van der Waals surface area contributed by atoms with Gasteiger partial charge in [-0.1, -0.05) is 49.6 Å². The molecule has 0 bridgehead atoms. The van der Waals surface area contributed by atoms with Gasteiger partial charge >= 0.3 is 0 Å². The van der Waals surface area contributed by atoms with E-state index in [-0.39, 0.29) is 47.1 Å². The maximum atomic E-state index is 14.1. The predicted molar refractivity (Wildman–Crippen MR) is 255 cm³/mol. The number of furan rings is 2. The van der Waals surface area contributed by atoms with Gasteiger partial charge in [-0.25, -0.2) is 23.3 Å². The molecule has 12 heteroatoms. The second-order valence-corrected chi connectivity index (χ2v) is 18.0. The number of rotatable bonds is 14. The van der Waals surface area contributed by atoms with E-state index in [1.807, 2.05) is 81.1 Å². The molecule has 4 aromatic carbocycles. The minimum absolute atomic E-state index is 0.128. The Morgan fingerprint density at radius 2 is 1.52 bits per heavy atom. The first-order valence-electron chi connectivity index (χ1n) is 23.4. The van der Waals surface area contributed by atoms with Crippen LogP contribution in [0.3, 0.4) is 0 Å². The number of H-pyrrole nitrogens is 1.